The molecule has 0 atom stereocenters. The highest BCUT2D eigenvalue weighted by atomic mass is 35.5. The second-order valence-corrected chi connectivity index (χ2v) is 7.87. The number of benzene rings is 1. The lowest BCUT2D eigenvalue weighted by atomic mass is 10.1. The highest BCUT2D eigenvalue weighted by molar-refractivity contribution is 7.99. The maximum atomic E-state index is 12.4. The van der Waals surface area contributed by atoms with Gasteiger partial charge in [-0.15, -0.1) is 10.2 Å². The first-order valence-electron chi connectivity index (χ1n) is 8.17. The van der Waals surface area contributed by atoms with Crippen LogP contribution in [0.4, 0.5) is 0 Å². The molecule has 2 heterocycles. The predicted molar refractivity (Wildman–Crippen MR) is 102 cm³/mol. The predicted octanol–water partition coefficient (Wildman–Crippen LogP) is 3.06. The summed E-state index contributed by atoms with van der Waals surface area (Å²) in [5.74, 6) is 0.866. The molecular formula is C17H19ClN6O2S. The minimum absolute atomic E-state index is 0.165. The number of nitrogens with one attached hydrogen (secondary N) is 1. The molecular weight excluding hydrogens is 388 g/mol. The van der Waals surface area contributed by atoms with Crippen molar-refractivity contribution in [2.45, 2.75) is 38.4 Å². The fourth-order valence-electron chi connectivity index (χ4n) is 2.36. The molecule has 0 aliphatic rings. The molecule has 1 aromatic carbocycles. The van der Waals surface area contributed by atoms with Crippen LogP contribution in [0.5, 0.6) is 0 Å². The van der Waals surface area contributed by atoms with Gasteiger partial charge in [0.05, 0.1) is 17.0 Å². The zero-order valence-corrected chi connectivity index (χ0v) is 16.9. The Kier molecular flexibility index (Phi) is 5.52. The number of carbonyl (C=O) groups excluding carboxylic acids is 1. The fourth-order valence-corrected chi connectivity index (χ4v) is 3.26. The van der Waals surface area contributed by atoms with Crippen LogP contribution in [-0.4, -0.2) is 36.6 Å². The van der Waals surface area contributed by atoms with Crippen molar-refractivity contribution in [3.63, 3.8) is 0 Å². The molecule has 1 N–H and O–H groups in total. The van der Waals surface area contributed by atoms with E-state index in [0.717, 1.165) is 11.3 Å². The Morgan fingerprint density at radius 1 is 1.37 bits per heavy atom. The molecule has 0 aliphatic carbocycles. The van der Waals surface area contributed by atoms with Gasteiger partial charge in [-0.1, -0.05) is 34.6 Å². The standard InChI is InChI=1S/C17H19ClN6O2S/c1-10-5-6-12(7-13(10)18)24-9-19-22-16(24)27-8-14(25)21-17(3,4)15-20-11(2)26-23-15/h5-7,9H,8H2,1-4H3,(H,21,25). The lowest BCUT2D eigenvalue weighted by Gasteiger charge is -2.22. The summed E-state index contributed by atoms with van der Waals surface area (Å²) in [5, 5.41) is 16.1. The van der Waals surface area contributed by atoms with Gasteiger partial charge in [-0.25, -0.2) is 0 Å². The number of thioether (sulfide) groups is 1. The molecule has 142 valence electrons. The first-order chi connectivity index (χ1) is 12.8. The third-order valence-electron chi connectivity index (χ3n) is 3.82. The van der Waals surface area contributed by atoms with Crippen molar-refractivity contribution in [2.24, 2.45) is 0 Å². The number of hydrogen-bond acceptors (Lipinski definition) is 7. The SMILES string of the molecule is Cc1nc(C(C)(C)NC(=O)CSc2nncn2-c2ccc(C)c(Cl)c2)no1. The Bertz CT molecular complexity index is 968. The summed E-state index contributed by atoms with van der Waals surface area (Å²) < 4.78 is 6.77. The van der Waals surface area contributed by atoms with Crippen molar-refractivity contribution in [1.29, 1.82) is 0 Å². The van der Waals surface area contributed by atoms with E-state index in [1.807, 2.05) is 39.0 Å². The summed E-state index contributed by atoms with van der Waals surface area (Å²) in [5.41, 5.74) is 1.08. The zero-order chi connectivity index (χ0) is 19.6. The second-order valence-electron chi connectivity index (χ2n) is 6.52. The zero-order valence-electron chi connectivity index (χ0n) is 15.4. The Hall–Kier alpha value is -2.39. The van der Waals surface area contributed by atoms with Gasteiger partial charge in [-0.2, -0.15) is 4.98 Å². The van der Waals surface area contributed by atoms with Gasteiger partial charge < -0.3 is 9.84 Å². The van der Waals surface area contributed by atoms with E-state index in [9.17, 15) is 4.79 Å². The van der Waals surface area contributed by atoms with E-state index in [0.29, 0.717) is 21.9 Å². The number of nitrogens with zero attached hydrogens (tertiary/aromatic N) is 5. The van der Waals surface area contributed by atoms with Crippen LogP contribution in [0.2, 0.25) is 5.02 Å². The fraction of sp³-hybridized carbons (Fsp3) is 0.353. The molecule has 8 nitrogen and oxygen atoms in total. The van der Waals surface area contributed by atoms with Crippen LogP contribution < -0.4 is 5.32 Å². The molecule has 0 spiro atoms. The quantitative estimate of drug-likeness (QED) is 0.628. The number of rotatable bonds is 6. The van der Waals surface area contributed by atoms with Gasteiger partial charge in [0.15, 0.2) is 11.0 Å². The molecule has 0 saturated heterocycles. The number of carbonyl (C=O) groups is 1. The average Bonchev–Trinajstić information content (AvgIpc) is 3.24. The van der Waals surface area contributed by atoms with Gasteiger partial charge in [0.1, 0.15) is 6.33 Å². The van der Waals surface area contributed by atoms with Crippen LogP contribution >= 0.6 is 23.4 Å². The van der Waals surface area contributed by atoms with Crippen LogP contribution in [0, 0.1) is 13.8 Å². The molecule has 10 heteroatoms. The molecule has 1 amide bonds. The topological polar surface area (TPSA) is 98.7 Å². The number of halogens is 1. The molecule has 3 rings (SSSR count). The van der Waals surface area contributed by atoms with E-state index in [4.69, 9.17) is 16.1 Å². The number of aromatic nitrogens is 5. The van der Waals surface area contributed by atoms with E-state index in [1.165, 1.54) is 11.8 Å². The van der Waals surface area contributed by atoms with Crippen LogP contribution in [0.1, 0.15) is 31.1 Å². The van der Waals surface area contributed by atoms with Crippen LogP contribution in [-0.2, 0) is 10.3 Å². The number of amides is 1. The van der Waals surface area contributed by atoms with Gasteiger partial charge in [0, 0.05) is 11.9 Å². The molecule has 0 saturated carbocycles. The normalized spacial score (nSPS) is 11.6. The molecule has 0 radical (unpaired) electrons. The molecule has 3 aromatic rings. The van der Waals surface area contributed by atoms with Crippen molar-refractivity contribution < 1.29 is 9.32 Å². The van der Waals surface area contributed by atoms with Gasteiger partial charge in [-0.05, 0) is 38.5 Å². The van der Waals surface area contributed by atoms with Crippen molar-refractivity contribution >= 4 is 29.3 Å². The summed E-state index contributed by atoms with van der Waals surface area (Å²) in [6, 6.07) is 5.69. The Labute approximate surface area is 165 Å². The first kappa shape index (κ1) is 19.4. The highest BCUT2D eigenvalue weighted by Crippen LogP contribution is 2.24. The van der Waals surface area contributed by atoms with E-state index in [-0.39, 0.29) is 11.7 Å². The molecule has 27 heavy (non-hydrogen) atoms. The third kappa shape index (κ3) is 4.48. The summed E-state index contributed by atoms with van der Waals surface area (Å²) in [6.07, 6.45) is 1.59. The number of aryl methyl sites for hydroxylation is 2. The van der Waals surface area contributed by atoms with Gasteiger partial charge in [0.25, 0.3) is 0 Å². The number of hydrogen-bond donors (Lipinski definition) is 1. The van der Waals surface area contributed by atoms with E-state index < -0.39 is 5.54 Å². The van der Waals surface area contributed by atoms with Gasteiger partial charge >= 0.3 is 0 Å². The second kappa shape index (κ2) is 7.69. The summed E-state index contributed by atoms with van der Waals surface area (Å²) in [6.45, 7) is 7.27. The third-order valence-corrected chi connectivity index (χ3v) is 5.17. The van der Waals surface area contributed by atoms with Crippen LogP contribution in [0.15, 0.2) is 34.2 Å². The maximum Gasteiger partial charge on any atom is 0.231 e. The molecule has 2 aromatic heterocycles. The summed E-state index contributed by atoms with van der Waals surface area (Å²) in [4.78, 5) is 16.6. The van der Waals surface area contributed by atoms with Gasteiger partial charge in [-0.3, -0.25) is 9.36 Å². The Morgan fingerprint density at radius 3 is 2.81 bits per heavy atom. The van der Waals surface area contributed by atoms with E-state index in [1.54, 1.807) is 17.8 Å². The monoisotopic (exact) mass is 406 g/mol. The van der Waals surface area contributed by atoms with Crippen molar-refractivity contribution in [1.82, 2.24) is 30.2 Å². The van der Waals surface area contributed by atoms with Crippen LogP contribution in [0.3, 0.4) is 0 Å². The largest absolute Gasteiger partial charge is 0.343 e. The smallest absolute Gasteiger partial charge is 0.231 e. The lowest BCUT2D eigenvalue weighted by Crippen LogP contribution is -2.42. The molecule has 0 aliphatic heterocycles. The average molecular weight is 407 g/mol. The first-order valence-corrected chi connectivity index (χ1v) is 9.54. The highest BCUT2D eigenvalue weighted by Gasteiger charge is 2.28. The van der Waals surface area contributed by atoms with Crippen molar-refractivity contribution in [3.8, 4) is 5.69 Å². The van der Waals surface area contributed by atoms with Crippen LogP contribution in [0.25, 0.3) is 5.69 Å². The van der Waals surface area contributed by atoms with E-state index >= 15 is 0 Å². The maximum absolute atomic E-state index is 12.4. The molecule has 0 fully saturated rings. The summed E-state index contributed by atoms with van der Waals surface area (Å²) in [7, 11) is 0. The summed E-state index contributed by atoms with van der Waals surface area (Å²) >= 11 is 7.48. The molecule has 0 unspecified atom stereocenters. The Morgan fingerprint density at radius 2 is 2.15 bits per heavy atom. The van der Waals surface area contributed by atoms with E-state index in [2.05, 4.69) is 25.7 Å². The van der Waals surface area contributed by atoms with Crippen molar-refractivity contribution in [2.75, 3.05) is 5.75 Å². The Balaban J connectivity index is 1.66. The minimum atomic E-state index is -0.743. The van der Waals surface area contributed by atoms with Gasteiger partial charge in [0.2, 0.25) is 11.8 Å². The lowest BCUT2D eigenvalue weighted by molar-refractivity contribution is -0.120. The molecule has 0 bridgehead atoms. The van der Waals surface area contributed by atoms with Crippen molar-refractivity contribution in [3.05, 3.63) is 46.8 Å². The minimum Gasteiger partial charge on any atom is -0.343 e.